The molecule has 0 aliphatic carbocycles. The zero-order chi connectivity index (χ0) is 15.6. The second kappa shape index (κ2) is 5.93. The molecule has 0 atom stereocenters. The van der Waals surface area contributed by atoms with Crippen molar-refractivity contribution in [2.75, 3.05) is 14.1 Å². The number of sulfonamides is 1. The van der Waals surface area contributed by atoms with Crippen molar-refractivity contribution in [2.24, 2.45) is 0 Å². The topological polar surface area (TPSA) is 63.7 Å². The Balaban J connectivity index is 2.82. The SMILES string of the molecule is CN(C)S(=O)(=O)Cc1ccc(C(=O)OC(C)(C)C)cc1. The maximum atomic E-state index is 11.8. The van der Waals surface area contributed by atoms with Gasteiger partial charge in [-0.25, -0.2) is 17.5 Å². The van der Waals surface area contributed by atoms with Crippen LogP contribution in [0.2, 0.25) is 0 Å². The molecule has 0 unspecified atom stereocenters. The zero-order valence-electron chi connectivity index (χ0n) is 12.5. The van der Waals surface area contributed by atoms with Crippen LogP contribution in [0.4, 0.5) is 0 Å². The fraction of sp³-hybridized carbons (Fsp3) is 0.500. The van der Waals surface area contributed by atoms with E-state index in [2.05, 4.69) is 0 Å². The van der Waals surface area contributed by atoms with Crippen LogP contribution in [0.3, 0.4) is 0 Å². The summed E-state index contributed by atoms with van der Waals surface area (Å²) in [5.74, 6) is -0.506. The monoisotopic (exact) mass is 299 g/mol. The molecule has 0 saturated heterocycles. The van der Waals surface area contributed by atoms with Crippen molar-refractivity contribution in [2.45, 2.75) is 32.1 Å². The highest BCUT2D eigenvalue weighted by molar-refractivity contribution is 7.88. The lowest BCUT2D eigenvalue weighted by Crippen LogP contribution is -2.24. The summed E-state index contributed by atoms with van der Waals surface area (Å²) in [6, 6.07) is 6.41. The Hall–Kier alpha value is -1.40. The first-order valence-corrected chi connectivity index (χ1v) is 7.85. The van der Waals surface area contributed by atoms with Gasteiger partial charge in [-0.2, -0.15) is 0 Å². The van der Waals surface area contributed by atoms with E-state index in [9.17, 15) is 13.2 Å². The Morgan fingerprint density at radius 3 is 2.05 bits per heavy atom. The maximum Gasteiger partial charge on any atom is 0.338 e. The molecule has 5 nitrogen and oxygen atoms in total. The summed E-state index contributed by atoms with van der Waals surface area (Å²) in [4.78, 5) is 11.8. The van der Waals surface area contributed by atoms with Gasteiger partial charge in [0.15, 0.2) is 0 Å². The third-order valence-electron chi connectivity index (χ3n) is 2.49. The first kappa shape index (κ1) is 16.7. The quantitative estimate of drug-likeness (QED) is 0.798. The van der Waals surface area contributed by atoms with Crippen molar-refractivity contribution in [1.82, 2.24) is 4.31 Å². The predicted octanol–water partition coefficient (Wildman–Crippen LogP) is 2.03. The van der Waals surface area contributed by atoms with Gasteiger partial charge in [-0.1, -0.05) is 12.1 Å². The van der Waals surface area contributed by atoms with Gasteiger partial charge in [0.05, 0.1) is 11.3 Å². The smallest absolute Gasteiger partial charge is 0.338 e. The Morgan fingerprint density at radius 2 is 1.65 bits per heavy atom. The van der Waals surface area contributed by atoms with E-state index in [-0.39, 0.29) is 5.75 Å². The maximum absolute atomic E-state index is 11.8. The van der Waals surface area contributed by atoms with Crippen LogP contribution in [0, 0.1) is 0 Å². The van der Waals surface area contributed by atoms with Crippen molar-refractivity contribution in [3.63, 3.8) is 0 Å². The molecule has 0 fully saturated rings. The average Bonchev–Trinajstić information content (AvgIpc) is 2.26. The van der Waals surface area contributed by atoms with E-state index in [1.54, 1.807) is 45.0 Å². The van der Waals surface area contributed by atoms with Crippen molar-refractivity contribution in [3.8, 4) is 0 Å². The van der Waals surface area contributed by atoms with E-state index >= 15 is 0 Å². The first-order chi connectivity index (χ1) is 9.01. The van der Waals surface area contributed by atoms with E-state index < -0.39 is 21.6 Å². The molecule has 1 aromatic carbocycles. The number of hydrogen-bond acceptors (Lipinski definition) is 4. The van der Waals surface area contributed by atoms with Crippen LogP contribution in [-0.4, -0.2) is 38.4 Å². The average molecular weight is 299 g/mol. The standard InChI is InChI=1S/C14H21NO4S/c1-14(2,3)19-13(16)12-8-6-11(7-9-12)10-20(17,18)15(4)5/h6-9H,10H2,1-5H3. The summed E-state index contributed by atoms with van der Waals surface area (Å²) in [5, 5.41) is 0. The normalized spacial score (nSPS) is 12.5. The number of benzene rings is 1. The molecule has 20 heavy (non-hydrogen) atoms. The highest BCUT2D eigenvalue weighted by Crippen LogP contribution is 2.14. The number of hydrogen-bond donors (Lipinski definition) is 0. The van der Waals surface area contributed by atoms with Gasteiger partial charge in [0.25, 0.3) is 0 Å². The molecule has 6 heteroatoms. The predicted molar refractivity (Wildman–Crippen MR) is 77.9 cm³/mol. The minimum absolute atomic E-state index is 0.0887. The van der Waals surface area contributed by atoms with Crippen molar-refractivity contribution in [1.29, 1.82) is 0 Å². The number of carbonyl (C=O) groups excluding carboxylic acids is 1. The largest absolute Gasteiger partial charge is 0.456 e. The van der Waals surface area contributed by atoms with Crippen LogP contribution in [0.15, 0.2) is 24.3 Å². The molecule has 0 N–H and O–H groups in total. The van der Waals surface area contributed by atoms with Gasteiger partial charge in [0.1, 0.15) is 5.60 Å². The van der Waals surface area contributed by atoms with Crippen LogP contribution in [0.5, 0.6) is 0 Å². The van der Waals surface area contributed by atoms with Gasteiger partial charge in [0, 0.05) is 14.1 Å². The van der Waals surface area contributed by atoms with Gasteiger partial charge in [-0.3, -0.25) is 0 Å². The number of rotatable bonds is 4. The van der Waals surface area contributed by atoms with Gasteiger partial charge >= 0.3 is 5.97 Å². The van der Waals surface area contributed by atoms with Gasteiger partial charge in [-0.15, -0.1) is 0 Å². The minimum atomic E-state index is -3.30. The molecule has 0 spiro atoms. The molecular weight excluding hydrogens is 278 g/mol. The van der Waals surface area contributed by atoms with Crippen molar-refractivity contribution >= 4 is 16.0 Å². The summed E-state index contributed by atoms with van der Waals surface area (Å²) in [6.45, 7) is 5.38. The van der Waals surface area contributed by atoms with E-state index in [1.165, 1.54) is 18.4 Å². The molecule has 0 bridgehead atoms. The Morgan fingerprint density at radius 1 is 1.15 bits per heavy atom. The fourth-order valence-corrected chi connectivity index (χ4v) is 2.29. The Kier molecular flexibility index (Phi) is 4.94. The van der Waals surface area contributed by atoms with Crippen LogP contribution < -0.4 is 0 Å². The molecule has 0 radical (unpaired) electrons. The lowest BCUT2D eigenvalue weighted by molar-refractivity contribution is 0.00695. The molecular formula is C14H21NO4S. The zero-order valence-corrected chi connectivity index (χ0v) is 13.3. The van der Waals surface area contributed by atoms with Crippen LogP contribution >= 0.6 is 0 Å². The summed E-state index contributed by atoms with van der Waals surface area (Å²) >= 11 is 0. The summed E-state index contributed by atoms with van der Waals surface area (Å²) in [6.07, 6.45) is 0. The molecule has 0 aliphatic heterocycles. The molecule has 0 aliphatic rings. The fourth-order valence-electron chi connectivity index (χ4n) is 1.41. The molecule has 0 amide bonds. The lowest BCUT2D eigenvalue weighted by Gasteiger charge is -2.19. The van der Waals surface area contributed by atoms with Gasteiger partial charge in [-0.05, 0) is 38.5 Å². The summed E-state index contributed by atoms with van der Waals surface area (Å²) in [7, 11) is -0.315. The van der Waals surface area contributed by atoms with E-state index in [1.807, 2.05) is 0 Å². The van der Waals surface area contributed by atoms with Crippen LogP contribution in [0.1, 0.15) is 36.7 Å². The molecule has 0 saturated carbocycles. The van der Waals surface area contributed by atoms with E-state index in [4.69, 9.17) is 4.74 Å². The number of carbonyl (C=O) groups is 1. The van der Waals surface area contributed by atoms with Gasteiger partial charge in [0.2, 0.25) is 10.0 Å². The highest BCUT2D eigenvalue weighted by Gasteiger charge is 2.18. The number of esters is 1. The molecule has 0 aromatic heterocycles. The van der Waals surface area contributed by atoms with Crippen molar-refractivity contribution in [3.05, 3.63) is 35.4 Å². The third kappa shape index (κ3) is 4.94. The van der Waals surface area contributed by atoms with E-state index in [0.717, 1.165) is 0 Å². The number of ether oxygens (including phenoxy) is 1. The van der Waals surface area contributed by atoms with Crippen LogP contribution in [0.25, 0.3) is 0 Å². The minimum Gasteiger partial charge on any atom is -0.456 e. The summed E-state index contributed by atoms with van der Waals surface area (Å²) in [5.41, 5.74) is 0.487. The van der Waals surface area contributed by atoms with Gasteiger partial charge < -0.3 is 4.74 Å². The molecule has 112 valence electrons. The molecule has 1 aromatic rings. The van der Waals surface area contributed by atoms with Crippen LogP contribution in [-0.2, 0) is 20.5 Å². The van der Waals surface area contributed by atoms with E-state index in [0.29, 0.717) is 11.1 Å². The molecule has 1 rings (SSSR count). The third-order valence-corrected chi connectivity index (χ3v) is 4.30. The first-order valence-electron chi connectivity index (χ1n) is 6.24. The Labute approximate surface area is 120 Å². The second-order valence-electron chi connectivity index (χ2n) is 5.74. The highest BCUT2D eigenvalue weighted by atomic mass is 32.2. The lowest BCUT2D eigenvalue weighted by atomic mass is 10.1. The molecule has 0 heterocycles. The summed E-state index contributed by atoms with van der Waals surface area (Å²) < 4.78 is 29.9. The Bertz CT molecular complexity index is 568. The second-order valence-corrected chi connectivity index (χ2v) is 7.92. The van der Waals surface area contributed by atoms with Crippen molar-refractivity contribution < 1.29 is 17.9 Å². The number of nitrogens with zero attached hydrogens (tertiary/aromatic N) is 1.